The number of aromatic amines is 1. The molecule has 4 rings (SSSR count). The number of nitrogens with one attached hydrogen (secondary N) is 1. The van der Waals surface area contributed by atoms with Crippen molar-refractivity contribution >= 4 is 22.7 Å². The monoisotopic (exact) mass is 434 g/mol. The van der Waals surface area contributed by atoms with Gasteiger partial charge in [0.05, 0.1) is 5.52 Å². The van der Waals surface area contributed by atoms with Crippen LogP contribution in [-0.2, 0) is 19.4 Å². The number of thioether (sulfide) groups is 1. The van der Waals surface area contributed by atoms with E-state index in [2.05, 4.69) is 33.4 Å². The number of aryl methyl sites for hydroxylation is 4. The molecule has 7 heteroatoms. The molecule has 0 amide bonds. The standard InChI is InChI=1S/C24H26N4O2S/c1-14-6-7-16(3)21(10-14)30-12-22-26-27-24(28(22)5)31-13-18-11-20(29)19-9-15(2)8-17(4)23(19)25-18/h6-11H,12-13H2,1-5H3,(H,25,29). The molecule has 0 radical (unpaired) electrons. The Bertz CT molecular complexity index is 1320. The fourth-order valence-corrected chi connectivity index (χ4v) is 4.42. The molecule has 0 bridgehead atoms. The van der Waals surface area contributed by atoms with E-state index in [9.17, 15) is 4.79 Å². The lowest BCUT2D eigenvalue weighted by Gasteiger charge is -2.10. The van der Waals surface area contributed by atoms with E-state index in [4.69, 9.17) is 4.74 Å². The number of nitrogens with zero attached hydrogens (tertiary/aromatic N) is 3. The Balaban J connectivity index is 1.48. The van der Waals surface area contributed by atoms with Crippen LogP contribution in [0.2, 0.25) is 0 Å². The summed E-state index contributed by atoms with van der Waals surface area (Å²) in [6.45, 7) is 8.45. The SMILES string of the molecule is Cc1ccc(C)c(OCc2nnc(SCc3cc(=O)c4cc(C)cc(C)c4[nH]3)n2C)c1. The molecule has 4 aromatic rings. The maximum absolute atomic E-state index is 12.6. The summed E-state index contributed by atoms with van der Waals surface area (Å²) in [4.78, 5) is 16.0. The van der Waals surface area contributed by atoms with Crippen molar-refractivity contribution in [3.8, 4) is 5.75 Å². The van der Waals surface area contributed by atoms with Gasteiger partial charge in [0, 0.05) is 29.9 Å². The maximum Gasteiger partial charge on any atom is 0.191 e. The topological polar surface area (TPSA) is 72.8 Å². The minimum atomic E-state index is 0.0386. The third-order valence-electron chi connectivity index (χ3n) is 5.32. The average molecular weight is 435 g/mol. The molecule has 0 aliphatic rings. The summed E-state index contributed by atoms with van der Waals surface area (Å²) in [5, 5.41) is 10.1. The van der Waals surface area contributed by atoms with Crippen LogP contribution in [0.1, 0.15) is 33.8 Å². The first-order valence-corrected chi connectivity index (χ1v) is 11.1. The fourth-order valence-electron chi connectivity index (χ4n) is 3.58. The molecule has 160 valence electrons. The number of fused-ring (bicyclic) bond motifs is 1. The van der Waals surface area contributed by atoms with Gasteiger partial charge in [-0.05, 0) is 62.1 Å². The van der Waals surface area contributed by atoms with Gasteiger partial charge < -0.3 is 14.3 Å². The Kier molecular flexibility index (Phi) is 5.87. The number of pyridine rings is 1. The van der Waals surface area contributed by atoms with E-state index in [-0.39, 0.29) is 5.43 Å². The molecule has 0 saturated carbocycles. The lowest BCUT2D eigenvalue weighted by molar-refractivity contribution is 0.288. The minimum Gasteiger partial charge on any atom is -0.485 e. The summed E-state index contributed by atoms with van der Waals surface area (Å²) in [6, 6.07) is 11.8. The molecule has 2 aromatic carbocycles. The van der Waals surface area contributed by atoms with Crippen molar-refractivity contribution in [2.45, 2.75) is 45.2 Å². The van der Waals surface area contributed by atoms with Crippen molar-refractivity contribution < 1.29 is 4.74 Å². The lowest BCUT2D eigenvalue weighted by atomic mass is 10.1. The predicted molar refractivity (Wildman–Crippen MR) is 125 cm³/mol. The van der Waals surface area contributed by atoms with Crippen LogP contribution in [0.4, 0.5) is 0 Å². The van der Waals surface area contributed by atoms with Gasteiger partial charge in [0.1, 0.15) is 12.4 Å². The molecule has 1 N–H and O–H groups in total. The van der Waals surface area contributed by atoms with Crippen LogP contribution in [0.3, 0.4) is 0 Å². The fraction of sp³-hybridized carbons (Fsp3) is 0.292. The van der Waals surface area contributed by atoms with E-state index in [0.29, 0.717) is 12.4 Å². The van der Waals surface area contributed by atoms with Crippen LogP contribution < -0.4 is 10.2 Å². The van der Waals surface area contributed by atoms with E-state index >= 15 is 0 Å². The Hall–Kier alpha value is -3.06. The van der Waals surface area contributed by atoms with Gasteiger partial charge in [-0.1, -0.05) is 30.0 Å². The molecule has 0 aliphatic carbocycles. The van der Waals surface area contributed by atoms with Crippen molar-refractivity contribution in [1.82, 2.24) is 19.7 Å². The largest absolute Gasteiger partial charge is 0.485 e. The maximum atomic E-state index is 12.6. The molecule has 2 aromatic heterocycles. The molecule has 0 aliphatic heterocycles. The molecule has 0 unspecified atom stereocenters. The molecule has 0 saturated heterocycles. The van der Waals surface area contributed by atoms with Gasteiger partial charge in [-0.15, -0.1) is 10.2 Å². The Labute approximate surface area is 185 Å². The zero-order valence-corrected chi connectivity index (χ0v) is 19.3. The highest BCUT2D eigenvalue weighted by molar-refractivity contribution is 7.98. The highest BCUT2D eigenvalue weighted by atomic mass is 32.2. The number of benzene rings is 2. The number of hydrogen-bond acceptors (Lipinski definition) is 5. The van der Waals surface area contributed by atoms with Crippen molar-refractivity contribution in [3.63, 3.8) is 0 Å². The second kappa shape index (κ2) is 8.59. The van der Waals surface area contributed by atoms with Crippen LogP contribution in [0.25, 0.3) is 10.9 Å². The van der Waals surface area contributed by atoms with Gasteiger partial charge in [0.15, 0.2) is 16.4 Å². The van der Waals surface area contributed by atoms with Gasteiger partial charge in [0.2, 0.25) is 0 Å². The van der Waals surface area contributed by atoms with E-state index in [1.54, 1.807) is 6.07 Å². The summed E-state index contributed by atoms with van der Waals surface area (Å²) in [6.07, 6.45) is 0. The van der Waals surface area contributed by atoms with Crippen LogP contribution >= 0.6 is 11.8 Å². The highest BCUT2D eigenvalue weighted by Gasteiger charge is 2.12. The van der Waals surface area contributed by atoms with Crippen molar-refractivity contribution in [2.24, 2.45) is 7.05 Å². The van der Waals surface area contributed by atoms with Crippen LogP contribution in [-0.4, -0.2) is 19.7 Å². The predicted octanol–water partition coefficient (Wildman–Crippen LogP) is 4.76. The quantitative estimate of drug-likeness (QED) is 0.443. The van der Waals surface area contributed by atoms with Gasteiger partial charge >= 0.3 is 0 Å². The summed E-state index contributed by atoms with van der Waals surface area (Å²) in [7, 11) is 1.93. The molecular weight excluding hydrogens is 408 g/mol. The van der Waals surface area contributed by atoms with E-state index < -0.39 is 0 Å². The zero-order valence-electron chi connectivity index (χ0n) is 18.4. The van der Waals surface area contributed by atoms with Gasteiger partial charge in [-0.3, -0.25) is 4.79 Å². The molecule has 6 nitrogen and oxygen atoms in total. The van der Waals surface area contributed by atoms with Crippen molar-refractivity contribution in [1.29, 1.82) is 0 Å². The molecule has 2 heterocycles. The third kappa shape index (κ3) is 4.51. The number of aromatic nitrogens is 4. The Morgan fingerprint density at radius 1 is 1.00 bits per heavy atom. The summed E-state index contributed by atoms with van der Waals surface area (Å²) in [5.74, 6) is 2.21. The zero-order chi connectivity index (χ0) is 22.1. The second-order valence-electron chi connectivity index (χ2n) is 7.97. The van der Waals surface area contributed by atoms with Crippen LogP contribution in [0.15, 0.2) is 46.3 Å². The first-order chi connectivity index (χ1) is 14.8. The summed E-state index contributed by atoms with van der Waals surface area (Å²) < 4.78 is 7.90. The molecule has 31 heavy (non-hydrogen) atoms. The lowest BCUT2D eigenvalue weighted by Crippen LogP contribution is -2.07. The first-order valence-electron chi connectivity index (χ1n) is 10.2. The normalized spacial score (nSPS) is 11.3. The van der Waals surface area contributed by atoms with Crippen molar-refractivity contribution in [2.75, 3.05) is 0 Å². The van der Waals surface area contributed by atoms with Gasteiger partial charge in [0.25, 0.3) is 0 Å². The number of rotatable bonds is 6. The summed E-state index contributed by atoms with van der Waals surface area (Å²) >= 11 is 1.54. The van der Waals surface area contributed by atoms with E-state index in [1.807, 2.05) is 51.4 Å². The number of hydrogen-bond donors (Lipinski definition) is 1. The van der Waals surface area contributed by atoms with Crippen LogP contribution in [0.5, 0.6) is 5.75 Å². The Morgan fingerprint density at radius 2 is 1.81 bits per heavy atom. The van der Waals surface area contributed by atoms with E-state index in [0.717, 1.165) is 55.6 Å². The summed E-state index contributed by atoms with van der Waals surface area (Å²) in [5.41, 5.74) is 6.21. The average Bonchev–Trinajstić information content (AvgIpc) is 3.07. The van der Waals surface area contributed by atoms with Crippen LogP contribution in [0, 0.1) is 27.7 Å². The smallest absolute Gasteiger partial charge is 0.191 e. The molecule has 0 fully saturated rings. The molecule has 0 spiro atoms. The Morgan fingerprint density at radius 3 is 2.61 bits per heavy atom. The third-order valence-corrected chi connectivity index (χ3v) is 6.39. The number of ether oxygens (including phenoxy) is 1. The van der Waals surface area contributed by atoms with Gasteiger partial charge in [-0.25, -0.2) is 0 Å². The number of H-pyrrole nitrogens is 1. The second-order valence-corrected chi connectivity index (χ2v) is 8.91. The van der Waals surface area contributed by atoms with E-state index in [1.165, 1.54) is 11.8 Å². The first kappa shape index (κ1) is 21.2. The molecule has 0 atom stereocenters. The van der Waals surface area contributed by atoms with Gasteiger partial charge in [-0.2, -0.15) is 0 Å². The minimum absolute atomic E-state index is 0.0386. The highest BCUT2D eigenvalue weighted by Crippen LogP contribution is 2.24. The molecular formula is C24H26N4O2S. The van der Waals surface area contributed by atoms with Crippen molar-refractivity contribution in [3.05, 3.63) is 80.4 Å².